The second-order valence-electron chi connectivity index (χ2n) is 10.1. The number of hydrogen-bond donors (Lipinski definition) is 2. The molecule has 1 radical (unpaired) electrons. The van der Waals surface area contributed by atoms with Crippen LogP contribution in [0.1, 0.15) is 42.4 Å². The van der Waals surface area contributed by atoms with Crippen molar-refractivity contribution in [3.05, 3.63) is 82.8 Å². The Labute approximate surface area is 253 Å². The van der Waals surface area contributed by atoms with Crippen LogP contribution in [0.3, 0.4) is 0 Å². The second-order valence-corrected chi connectivity index (χ2v) is 11.1. The number of benzene rings is 1. The van der Waals surface area contributed by atoms with Crippen LogP contribution in [0.15, 0.2) is 54.9 Å². The van der Waals surface area contributed by atoms with E-state index >= 15 is 0 Å². The number of nitrogens with one attached hydrogen (secondary N) is 1. The van der Waals surface area contributed by atoms with Gasteiger partial charge in [0.25, 0.3) is 0 Å². The van der Waals surface area contributed by atoms with Crippen LogP contribution >= 0.6 is 11.3 Å². The van der Waals surface area contributed by atoms with Gasteiger partial charge in [0.1, 0.15) is 5.82 Å². The molecule has 0 spiro atoms. The fraction of sp³-hybridized carbons (Fsp3) is 0.379. The summed E-state index contributed by atoms with van der Waals surface area (Å²) in [5.41, 5.74) is 19.0. The summed E-state index contributed by atoms with van der Waals surface area (Å²) < 4.78 is 14.3. The van der Waals surface area contributed by atoms with Crippen LogP contribution in [-0.4, -0.2) is 40.0 Å². The molecule has 1 aliphatic heterocycles. The standard InChI is InChI=1S/C19H22N4S.C10H12FN2.Y/c1-13-4-7-21-17-10-18(24-19(13)17)16-3-2-14(11-22-16)12-23-8-5-15(20)6-9-23;1-7-2-3-9(6-10(7)11)13-12-8-4-5-8;/h2-4,7,10-11,15H,5-6,8-9,12,20H2,1H3;2-3,6,8,12H,4-5H2,1H3;/q;-1;. The molecule has 2 aliphatic rings. The van der Waals surface area contributed by atoms with Gasteiger partial charge in [-0.1, -0.05) is 18.2 Å². The van der Waals surface area contributed by atoms with Crippen LogP contribution in [-0.2, 0) is 39.3 Å². The van der Waals surface area contributed by atoms with Crippen LogP contribution < -0.4 is 11.2 Å². The van der Waals surface area contributed by atoms with Gasteiger partial charge in [-0.15, -0.1) is 17.0 Å². The summed E-state index contributed by atoms with van der Waals surface area (Å²) in [5.74, 6) is -0.196. The smallest absolute Gasteiger partial charge is 0.124 e. The molecule has 0 unspecified atom stereocenters. The normalized spacial score (nSPS) is 16.0. The minimum absolute atomic E-state index is 0. The van der Waals surface area contributed by atoms with Gasteiger partial charge in [-0.25, -0.2) is 4.39 Å². The van der Waals surface area contributed by atoms with Gasteiger partial charge in [-0.05, 0) is 99.6 Å². The van der Waals surface area contributed by atoms with Crippen LogP contribution in [0.4, 0.5) is 10.1 Å². The van der Waals surface area contributed by atoms with E-state index in [-0.39, 0.29) is 38.5 Å². The molecule has 0 atom stereocenters. The van der Waals surface area contributed by atoms with Crippen molar-refractivity contribution in [3.63, 3.8) is 0 Å². The summed E-state index contributed by atoms with van der Waals surface area (Å²) in [6.45, 7) is 7.01. The summed E-state index contributed by atoms with van der Waals surface area (Å²) in [4.78, 5) is 12.8. The number of fused-ring (bicyclic) bond motifs is 1. The van der Waals surface area contributed by atoms with E-state index in [1.807, 2.05) is 18.5 Å². The number of halogens is 1. The Bertz CT molecular complexity index is 1330. The van der Waals surface area contributed by atoms with Gasteiger partial charge in [-0.3, -0.25) is 14.9 Å². The molecule has 3 aromatic heterocycles. The van der Waals surface area contributed by atoms with Crippen LogP contribution in [0.5, 0.6) is 0 Å². The molecule has 0 bridgehead atoms. The van der Waals surface area contributed by atoms with Crippen molar-refractivity contribution in [1.29, 1.82) is 0 Å². The number of piperidine rings is 1. The van der Waals surface area contributed by atoms with Gasteiger partial charge in [0.2, 0.25) is 0 Å². The minimum Gasteiger partial charge on any atom is -0.622 e. The number of pyridine rings is 2. The number of aromatic nitrogens is 2. The Balaban J connectivity index is 0.000000204. The Morgan fingerprint density at radius 1 is 1.03 bits per heavy atom. The SMILES string of the molecule is Cc1ccc([N-]NC2CC2)cc1F.Cc1ccnc2cc(-c3ccc(CN4CCC(N)CC4)cn3)sc12.[Y]. The molecule has 2 fully saturated rings. The predicted molar refractivity (Wildman–Crippen MR) is 150 cm³/mol. The van der Waals surface area contributed by atoms with E-state index in [0.29, 0.717) is 23.3 Å². The molecule has 1 saturated heterocycles. The minimum atomic E-state index is -0.196. The molecule has 1 aromatic carbocycles. The molecule has 1 saturated carbocycles. The summed E-state index contributed by atoms with van der Waals surface area (Å²) in [6, 6.07) is 14.4. The second kappa shape index (κ2) is 13.5. The van der Waals surface area contributed by atoms with Crippen molar-refractivity contribution in [1.82, 2.24) is 20.3 Å². The third-order valence-corrected chi connectivity index (χ3v) is 8.12. The molecule has 6 nitrogen and oxygen atoms in total. The van der Waals surface area contributed by atoms with Gasteiger partial charge in [-0.2, -0.15) is 0 Å². The zero-order valence-electron chi connectivity index (χ0n) is 22.0. The first kappa shape index (κ1) is 29.2. The maximum atomic E-state index is 13.0. The fourth-order valence-electron chi connectivity index (χ4n) is 4.25. The maximum Gasteiger partial charge on any atom is 0.124 e. The topological polar surface area (TPSA) is 81.2 Å². The van der Waals surface area contributed by atoms with Crippen LogP contribution in [0.2, 0.25) is 0 Å². The molecular formula is C29H34FN6SY-. The molecule has 3 N–H and O–H groups in total. The van der Waals surface area contributed by atoms with Crippen molar-refractivity contribution in [3.8, 4) is 10.6 Å². The molecule has 38 heavy (non-hydrogen) atoms. The monoisotopic (exact) mass is 606 g/mol. The first-order chi connectivity index (χ1) is 17.9. The first-order valence-corrected chi connectivity index (χ1v) is 13.8. The average Bonchev–Trinajstić information content (AvgIpc) is 3.63. The van der Waals surface area contributed by atoms with Crippen LogP contribution in [0, 0.1) is 19.7 Å². The average molecular weight is 607 g/mol. The number of aryl methyl sites for hydroxylation is 2. The summed E-state index contributed by atoms with van der Waals surface area (Å²) in [6.07, 6.45) is 8.43. The van der Waals surface area contributed by atoms with E-state index in [2.05, 4.69) is 56.9 Å². The van der Waals surface area contributed by atoms with Crippen molar-refractivity contribution in [2.45, 2.75) is 58.2 Å². The Morgan fingerprint density at radius 2 is 1.82 bits per heavy atom. The molecular weight excluding hydrogens is 572 g/mol. The van der Waals surface area contributed by atoms with Crippen LogP contribution in [0.25, 0.3) is 26.2 Å². The number of nitrogens with zero attached hydrogens (tertiary/aromatic N) is 4. The van der Waals surface area contributed by atoms with Crippen molar-refractivity contribution in [2.75, 3.05) is 13.1 Å². The molecule has 4 heterocycles. The van der Waals surface area contributed by atoms with Gasteiger partial charge < -0.3 is 16.6 Å². The largest absolute Gasteiger partial charge is 0.622 e. The van der Waals surface area contributed by atoms with Gasteiger partial charge in [0.05, 0.1) is 20.8 Å². The summed E-state index contributed by atoms with van der Waals surface area (Å²) >= 11 is 1.77. The molecule has 1 aliphatic carbocycles. The van der Waals surface area contributed by atoms with Gasteiger partial charge in [0.15, 0.2) is 0 Å². The zero-order chi connectivity index (χ0) is 25.8. The molecule has 0 amide bonds. The number of hydrogen-bond acceptors (Lipinski definition) is 6. The third kappa shape index (κ3) is 7.87. The van der Waals surface area contributed by atoms with E-state index < -0.39 is 0 Å². The van der Waals surface area contributed by atoms with E-state index in [4.69, 9.17) is 5.73 Å². The fourth-order valence-corrected chi connectivity index (χ4v) is 5.31. The summed E-state index contributed by atoms with van der Waals surface area (Å²) in [7, 11) is 0. The maximum absolute atomic E-state index is 13.0. The first-order valence-electron chi connectivity index (χ1n) is 13.0. The zero-order valence-corrected chi connectivity index (χ0v) is 25.7. The predicted octanol–water partition coefficient (Wildman–Crippen LogP) is 6.39. The Morgan fingerprint density at radius 3 is 2.47 bits per heavy atom. The van der Waals surface area contributed by atoms with E-state index in [1.54, 1.807) is 24.3 Å². The molecule has 197 valence electrons. The summed E-state index contributed by atoms with van der Waals surface area (Å²) in [5, 5.41) is 0. The van der Waals surface area contributed by atoms with E-state index in [0.717, 1.165) is 43.7 Å². The van der Waals surface area contributed by atoms with E-state index in [9.17, 15) is 4.39 Å². The number of likely N-dealkylation sites (tertiary alicyclic amines) is 1. The molecule has 6 rings (SSSR count). The molecule has 4 aromatic rings. The number of nitrogens with two attached hydrogens (primary N) is 1. The third-order valence-electron chi connectivity index (χ3n) is 6.83. The van der Waals surface area contributed by atoms with Gasteiger partial charge >= 0.3 is 0 Å². The number of thiophene rings is 1. The Kier molecular flexibility index (Phi) is 10.4. The Hall–Kier alpha value is -1.81. The van der Waals surface area contributed by atoms with E-state index in [1.165, 1.54) is 39.6 Å². The van der Waals surface area contributed by atoms with Crippen molar-refractivity contribution >= 4 is 27.2 Å². The van der Waals surface area contributed by atoms with Crippen molar-refractivity contribution < 1.29 is 37.1 Å². The molecule has 9 heteroatoms. The van der Waals surface area contributed by atoms with Gasteiger partial charge in [0, 0.05) is 57.7 Å². The number of rotatable bonds is 6. The quantitative estimate of drug-likeness (QED) is 0.249. The van der Waals surface area contributed by atoms with Crippen molar-refractivity contribution in [2.24, 2.45) is 5.73 Å².